The molecule has 0 radical (unpaired) electrons. The van der Waals surface area contributed by atoms with E-state index in [2.05, 4.69) is 15.8 Å². The summed E-state index contributed by atoms with van der Waals surface area (Å²) in [6.07, 6.45) is 1.73. The molecule has 7 N–H and O–H groups in total. The van der Waals surface area contributed by atoms with E-state index < -0.39 is 27.5 Å². The molecule has 19 heteroatoms. The molecule has 0 spiro atoms. The maximum Gasteiger partial charge on any atom is 1.00 e. The average molecular weight is 805 g/mol. The van der Waals surface area contributed by atoms with Gasteiger partial charge in [0.2, 0.25) is 0 Å². The van der Waals surface area contributed by atoms with Gasteiger partial charge in [0.05, 0.1) is 27.2 Å². The fraction of sp³-hybridized carbons (Fsp3) is 0.200. The number of fused-ring (bicyclic) bond motifs is 2. The van der Waals surface area contributed by atoms with Crippen LogP contribution in [0.2, 0.25) is 0 Å². The molecule has 3 atom stereocenters. The van der Waals surface area contributed by atoms with E-state index in [4.69, 9.17) is 21.4 Å². The standard InChI is InChI=1S/C35H36N4O11P2S.Na/c1-39(14-12-35(44,51-45)52(46,47)48)13-3-15-49-25-5-2-4-21(16-25)20-36-38-34(53)37-22-6-9-26(29(17-22)33(42)43)32-27-10-7-23(40)18-30(27)50-31-19-24(41)8-11-28(31)32;/h2,4-11,16-20,40,44-45,51H,3,12-15H2,1H3,(H,42,43)(H2,37,38,53)(H2,46,47,48);/q;+1/p-1/b36-20+;. The maximum atomic E-state index is 12.5. The summed E-state index contributed by atoms with van der Waals surface area (Å²) in [4.78, 5) is 56.1. The van der Waals surface area contributed by atoms with E-state index in [1.165, 1.54) is 36.5 Å². The number of phenolic OH excluding ortho intramolecular Hbond substituents is 1. The molecule has 3 unspecified atom stereocenters. The molecular weight excluding hydrogens is 769 g/mol. The van der Waals surface area contributed by atoms with Gasteiger partial charge in [-0.25, -0.2) is 4.79 Å². The predicted molar refractivity (Wildman–Crippen MR) is 204 cm³/mol. The third kappa shape index (κ3) is 10.7. The number of rotatable bonds is 15. The van der Waals surface area contributed by atoms with Crippen molar-refractivity contribution in [1.82, 2.24) is 10.3 Å². The number of anilines is 1. The summed E-state index contributed by atoms with van der Waals surface area (Å²) < 4.78 is 23.0. The normalized spacial score (nSPS) is 13.9. The molecule has 0 saturated carbocycles. The van der Waals surface area contributed by atoms with Crippen LogP contribution < -0.4 is 55.4 Å². The molecule has 1 heterocycles. The van der Waals surface area contributed by atoms with Crippen molar-refractivity contribution in [2.24, 2.45) is 5.10 Å². The van der Waals surface area contributed by atoms with Crippen molar-refractivity contribution in [3.8, 4) is 33.9 Å². The van der Waals surface area contributed by atoms with Crippen molar-refractivity contribution >= 4 is 62.6 Å². The monoisotopic (exact) mass is 804 g/mol. The Labute approximate surface area is 338 Å². The zero-order valence-corrected chi connectivity index (χ0v) is 33.8. The smallest absolute Gasteiger partial charge is 0.776 e. The molecule has 5 rings (SSSR count). The van der Waals surface area contributed by atoms with Gasteiger partial charge in [0, 0.05) is 53.8 Å². The zero-order valence-electron chi connectivity index (χ0n) is 29.1. The predicted octanol–water partition coefficient (Wildman–Crippen LogP) is 1.16. The maximum absolute atomic E-state index is 12.5. The van der Waals surface area contributed by atoms with E-state index in [1.807, 2.05) is 0 Å². The summed E-state index contributed by atoms with van der Waals surface area (Å²) in [5.41, 5.74) is 5.08. The van der Waals surface area contributed by atoms with Crippen LogP contribution in [0.1, 0.15) is 28.8 Å². The number of hydrogen-bond acceptors (Lipinski definition) is 12. The third-order valence-corrected chi connectivity index (χ3v) is 11.2. The number of aliphatic hydroxyl groups is 1. The Balaban J connectivity index is 0.00000650. The Morgan fingerprint density at radius 3 is 2.59 bits per heavy atom. The van der Waals surface area contributed by atoms with E-state index in [1.54, 1.807) is 60.5 Å². The van der Waals surface area contributed by atoms with Gasteiger partial charge in [-0.2, -0.15) is 5.10 Å². The first kappa shape index (κ1) is 43.0. The van der Waals surface area contributed by atoms with E-state index in [9.17, 15) is 44.2 Å². The number of carbonyl (C=O) groups is 1. The fourth-order valence-electron chi connectivity index (χ4n) is 5.42. The molecule has 0 aromatic heterocycles. The van der Waals surface area contributed by atoms with Crippen LogP contribution in [0, 0.1) is 0 Å². The number of aromatic hydroxyl groups is 1. The van der Waals surface area contributed by atoms with Crippen LogP contribution >= 0.6 is 28.6 Å². The van der Waals surface area contributed by atoms with Crippen LogP contribution in [-0.2, 0) is 4.57 Å². The number of carboxylic acids is 1. The minimum absolute atomic E-state index is 0. The second-order valence-corrected chi connectivity index (χ2v) is 15.6. The fourth-order valence-corrected chi connectivity index (χ4v) is 6.70. The SMILES string of the molecule is CN(CCCOc1cccc(/C=N/NC(=S)Nc2ccc(-c3c4ccc(=O)cc-4oc4cc(O)ccc34)c(C(=O)O)c2)c1)CCC(O)(PO)P(=O)([O-])O.[Na+]. The number of nitrogens with zero attached hydrogens (tertiary/aromatic N) is 2. The number of nitrogens with one attached hydrogen (secondary N) is 2. The largest absolute Gasteiger partial charge is 1.00 e. The Kier molecular flexibility index (Phi) is 14.9. The van der Waals surface area contributed by atoms with Gasteiger partial charge in [0.1, 0.15) is 22.8 Å². The van der Waals surface area contributed by atoms with Crippen molar-refractivity contribution < 1.29 is 78.1 Å². The molecule has 3 aromatic carbocycles. The van der Waals surface area contributed by atoms with Crippen molar-refractivity contribution in [3.05, 3.63) is 100 Å². The first-order chi connectivity index (χ1) is 25.2. The first-order valence-electron chi connectivity index (χ1n) is 15.9. The minimum atomic E-state index is -5.13. The second kappa shape index (κ2) is 18.7. The number of thiocarbonyl (C=S) groups is 1. The number of phenols is 1. The Morgan fingerprint density at radius 2 is 1.87 bits per heavy atom. The molecule has 0 fully saturated rings. The molecule has 0 bridgehead atoms. The van der Waals surface area contributed by atoms with E-state index in [0.29, 0.717) is 58.6 Å². The van der Waals surface area contributed by atoms with Crippen LogP contribution in [0.4, 0.5) is 5.69 Å². The molecule has 0 amide bonds. The minimum Gasteiger partial charge on any atom is -0.776 e. The molecule has 15 nitrogen and oxygen atoms in total. The molecule has 54 heavy (non-hydrogen) atoms. The topological polar surface area (TPSA) is 237 Å². The Morgan fingerprint density at radius 1 is 1.11 bits per heavy atom. The van der Waals surface area contributed by atoms with Crippen molar-refractivity contribution in [1.29, 1.82) is 0 Å². The van der Waals surface area contributed by atoms with Crippen molar-refractivity contribution in [2.45, 2.75) is 17.9 Å². The van der Waals surface area contributed by atoms with Gasteiger partial charge in [-0.3, -0.25) is 10.2 Å². The molecule has 278 valence electrons. The summed E-state index contributed by atoms with van der Waals surface area (Å²) in [6.45, 7) is 0.948. The molecule has 3 aromatic rings. The van der Waals surface area contributed by atoms with E-state index in [-0.39, 0.29) is 75.7 Å². The molecule has 2 aliphatic rings. The van der Waals surface area contributed by atoms with E-state index in [0.717, 1.165) is 0 Å². The van der Waals surface area contributed by atoms with Crippen LogP contribution in [0.15, 0.2) is 93.2 Å². The van der Waals surface area contributed by atoms with Crippen LogP contribution in [0.5, 0.6) is 11.5 Å². The molecule has 1 aliphatic carbocycles. The Bertz CT molecular complexity index is 2250. The summed E-state index contributed by atoms with van der Waals surface area (Å²) in [6, 6.07) is 20.5. The van der Waals surface area contributed by atoms with Crippen molar-refractivity contribution in [2.75, 3.05) is 32.1 Å². The van der Waals surface area contributed by atoms with E-state index >= 15 is 0 Å². The van der Waals surface area contributed by atoms with Gasteiger partial charge >= 0.3 is 35.5 Å². The quantitative estimate of drug-likeness (QED) is 0.0150. The number of ether oxygens (including phenoxy) is 1. The molecule has 1 aliphatic heterocycles. The van der Waals surface area contributed by atoms with Gasteiger partial charge in [0.25, 0.3) is 0 Å². The number of carboxylic acid groups (broad SMARTS) is 1. The van der Waals surface area contributed by atoms with Crippen LogP contribution in [0.3, 0.4) is 0 Å². The second-order valence-electron chi connectivity index (χ2n) is 12.0. The summed E-state index contributed by atoms with van der Waals surface area (Å²) in [7, 11) is -4.78. The third-order valence-electron chi connectivity index (χ3n) is 8.13. The van der Waals surface area contributed by atoms with Gasteiger partial charge in [-0.1, -0.05) is 18.2 Å². The van der Waals surface area contributed by atoms with Crippen LogP contribution in [-0.4, -0.2) is 79.1 Å². The summed E-state index contributed by atoms with van der Waals surface area (Å²) in [5, 5.41) is 35.4. The molecular formula is C35H35N4NaO11P2S. The summed E-state index contributed by atoms with van der Waals surface area (Å²) in [5.74, 6) is -0.453. The summed E-state index contributed by atoms with van der Waals surface area (Å²) >= 11 is 5.37. The number of aromatic carboxylic acids is 1. The number of hydrogen-bond donors (Lipinski definition) is 7. The van der Waals surface area contributed by atoms with Crippen LogP contribution in [0.25, 0.3) is 33.4 Å². The van der Waals surface area contributed by atoms with Crippen molar-refractivity contribution in [3.63, 3.8) is 0 Å². The number of hydrazone groups is 1. The van der Waals surface area contributed by atoms with Gasteiger partial charge in [0.15, 0.2) is 23.2 Å². The Hall–Kier alpha value is -3.76. The number of benzene rings is 4. The zero-order chi connectivity index (χ0) is 38.3. The van der Waals surface area contributed by atoms with Gasteiger partial charge in [-0.15, -0.1) is 0 Å². The van der Waals surface area contributed by atoms with Gasteiger partial charge in [-0.05, 0) is 85.3 Å². The average Bonchev–Trinajstić information content (AvgIpc) is 3.11. The molecule has 0 saturated heterocycles. The first-order valence-corrected chi connectivity index (χ1v) is 18.9. The van der Waals surface area contributed by atoms with Gasteiger partial charge < -0.3 is 53.9 Å².